The van der Waals surface area contributed by atoms with Crippen LogP contribution in [0.2, 0.25) is 0 Å². The second kappa shape index (κ2) is 7.82. The molecule has 0 amide bonds. The molecule has 22 heavy (non-hydrogen) atoms. The molecule has 2 aromatic rings. The molecule has 1 atom stereocenters. The van der Waals surface area contributed by atoms with Gasteiger partial charge in [0.25, 0.3) is 0 Å². The van der Waals surface area contributed by atoms with Crippen molar-refractivity contribution < 1.29 is 14.6 Å². The van der Waals surface area contributed by atoms with E-state index in [0.29, 0.717) is 0 Å². The van der Waals surface area contributed by atoms with Crippen molar-refractivity contribution in [2.75, 3.05) is 7.11 Å². The van der Waals surface area contributed by atoms with Crippen molar-refractivity contribution in [2.24, 2.45) is 5.73 Å². The van der Waals surface area contributed by atoms with Gasteiger partial charge in [-0.2, -0.15) is 0 Å². The third kappa shape index (κ3) is 4.00. The summed E-state index contributed by atoms with van der Waals surface area (Å²) in [6.07, 6.45) is 0.125. The third-order valence-electron chi connectivity index (χ3n) is 3.47. The minimum absolute atomic E-state index is 0. The second-order valence-corrected chi connectivity index (χ2v) is 4.98. The molecule has 0 radical (unpaired) electrons. The number of nitrogens with two attached hydrogens (primary N) is 1. The van der Waals surface area contributed by atoms with Gasteiger partial charge in [-0.05, 0) is 35.7 Å². The number of hydrogen-bond acceptors (Lipinski definition) is 4. The third-order valence-corrected chi connectivity index (χ3v) is 3.47. The molecule has 0 bridgehead atoms. The van der Waals surface area contributed by atoms with E-state index in [4.69, 9.17) is 5.73 Å². The zero-order chi connectivity index (χ0) is 15.4. The first kappa shape index (κ1) is 18.0. The zero-order valence-corrected chi connectivity index (χ0v) is 13.4. The Balaban J connectivity index is 0.00000242. The van der Waals surface area contributed by atoms with Crippen molar-refractivity contribution in [3.8, 4) is 16.9 Å². The lowest BCUT2D eigenvalue weighted by Crippen LogP contribution is -2.16. The largest absolute Gasteiger partial charge is 0.507 e. The summed E-state index contributed by atoms with van der Waals surface area (Å²) in [6.45, 7) is 1.94. The molecule has 5 heteroatoms. The molecule has 0 aliphatic rings. The molecular formula is C17H20ClNO3. The quantitative estimate of drug-likeness (QED) is 0.847. The number of benzene rings is 2. The number of esters is 1. The standard InChI is InChI=1S/C17H19NO3.ClH/c1-11-5-3-8-15(19)17(11)13-7-4-6-12(9-13)14(18)10-16(20)21-2;/h3-9,14,19H,10,18H2,1-2H3;1H/t14-;/m0./s1. The predicted octanol–water partition coefficient (Wildman–Crippen LogP) is 3.35. The van der Waals surface area contributed by atoms with Crippen molar-refractivity contribution in [2.45, 2.75) is 19.4 Å². The van der Waals surface area contributed by atoms with E-state index in [9.17, 15) is 9.90 Å². The molecule has 2 rings (SSSR count). The molecule has 0 heterocycles. The Morgan fingerprint density at radius 1 is 1.27 bits per heavy atom. The lowest BCUT2D eigenvalue weighted by Gasteiger charge is -2.14. The van der Waals surface area contributed by atoms with Crippen molar-refractivity contribution in [1.82, 2.24) is 0 Å². The Morgan fingerprint density at radius 2 is 1.95 bits per heavy atom. The summed E-state index contributed by atoms with van der Waals surface area (Å²) in [6, 6.07) is 12.5. The van der Waals surface area contributed by atoms with Crippen LogP contribution in [0.15, 0.2) is 42.5 Å². The molecule has 118 valence electrons. The Hall–Kier alpha value is -2.04. The normalized spacial score (nSPS) is 11.4. The SMILES string of the molecule is COC(=O)C[C@H](N)c1cccc(-c2c(C)cccc2O)c1.Cl. The Morgan fingerprint density at radius 3 is 2.59 bits per heavy atom. The van der Waals surface area contributed by atoms with Crippen molar-refractivity contribution in [1.29, 1.82) is 0 Å². The zero-order valence-electron chi connectivity index (χ0n) is 12.6. The van der Waals surface area contributed by atoms with Gasteiger partial charge in [0.1, 0.15) is 5.75 Å². The van der Waals surface area contributed by atoms with E-state index >= 15 is 0 Å². The molecule has 0 unspecified atom stereocenters. The lowest BCUT2D eigenvalue weighted by molar-refractivity contribution is -0.141. The van der Waals surface area contributed by atoms with Gasteiger partial charge in [-0.25, -0.2) is 0 Å². The molecule has 2 aromatic carbocycles. The summed E-state index contributed by atoms with van der Waals surface area (Å²) in [4.78, 5) is 11.3. The second-order valence-electron chi connectivity index (χ2n) is 4.98. The molecule has 0 aliphatic carbocycles. The van der Waals surface area contributed by atoms with Crippen LogP contribution in [-0.2, 0) is 9.53 Å². The highest BCUT2D eigenvalue weighted by Gasteiger charge is 2.14. The minimum Gasteiger partial charge on any atom is -0.507 e. The molecule has 0 saturated heterocycles. The molecular weight excluding hydrogens is 302 g/mol. The lowest BCUT2D eigenvalue weighted by atomic mass is 9.95. The molecule has 0 saturated carbocycles. The van der Waals surface area contributed by atoms with Crippen LogP contribution < -0.4 is 5.73 Å². The monoisotopic (exact) mass is 321 g/mol. The average molecular weight is 322 g/mol. The van der Waals surface area contributed by atoms with E-state index < -0.39 is 6.04 Å². The van der Waals surface area contributed by atoms with E-state index in [1.807, 2.05) is 37.3 Å². The number of rotatable bonds is 4. The maximum absolute atomic E-state index is 11.3. The van der Waals surface area contributed by atoms with Crippen LogP contribution in [0.3, 0.4) is 0 Å². The van der Waals surface area contributed by atoms with Crippen molar-refractivity contribution in [3.05, 3.63) is 53.6 Å². The smallest absolute Gasteiger partial charge is 0.307 e. The Bertz CT molecular complexity index is 638. The number of halogens is 1. The van der Waals surface area contributed by atoms with Crippen LogP contribution in [0, 0.1) is 6.92 Å². The summed E-state index contributed by atoms with van der Waals surface area (Å²) in [5.41, 5.74) is 9.51. The first-order valence-electron chi connectivity index (χ1n) is 6.74. The summed E-state index contributed by atoms with van der Waals surface area (Å²) < 4.78 is 4.64. The predicted molar refractivity (Wildman–Crippen MR) is 89.1 cm³/mol. The van der Waals surface area contributed by atoms with Crippen LogP contribution in [0.25, 0.3) is 11.1 Å². The summed E-state index contributed by atoms with van der Waals surface area (Å²) >= 11 is 0. The van der Waals surface area contributed by atoms with E-state index in [-0.39, 0.29) is 30.5 Å². The van der Waals surface area contributed by atoms with E-state index in [0.717, 1.165) is 22.3 Å². The molecule has 0 fully saturated rings. The van der Waals surface area contributed by atoms with Gasteiger partial charge in [-0.15, -0.1) is 12.4 Å². The topological polar surface area (TPSA) is 72.5 Å². The van der Waals surface area contributed by atoms with Crippen molar-refractivity contribution in [3.63, 3.8) is 0 Å². The van der Waals surface area contributed by atoms with Gasteiger partial charge in [0, 0.05) is 11.6 Å². The Labute approximate surface area is 136 Å². The summed E-state index contributed by atoms with van der Waals surface area (Å²) in [7, 11) is 1.34. The van der Waals surface area contributed by atoms with Crippen LogP contribution >= 0.6 is 12.4 Å². The molecule has 0 aliphatic heterocycles. The first-order valence-corrected chi connectivity index (χ1v) is 6.74. The fourth-order valence-corrected chi connectivity index (χ4v) is 2.33. The summed E-state index contributed by atoms with van der Waals surface area (Å²) in [5.74, 6) is -0.111. The number of phenols is 1. The number of carbonyl (C=O) groups is 1. The van der Waals surface area contributed by atoms with Gasteiger partial charge >= 0.3 is 5.97 Å². The molecule has 0 aromatic heterocycles. The number of phenolic OH excluding ortho intramolecular Hbond substituents is 1. The number of ether oxygens (including phenoxy) is 1. The highest BCUT2D eigenvalue weighted by molar-refractivity contribution is 5.85. The number of aromatic hydroxyl groups is 1. The van der Waals surface area contributed by atoms with Gasteiger partial charge in [0.2, 0.25) is 0 Å². The van der Waals surface area contributed by atoms with Gasteiger partial charge in [0.15, 0.2) is 0 Å². The molecule has 0 spiro atoms. The van der Waals surface area contributed by atoms with Crippen LogP contribution in [0.1, 0.15) is 23.6 Å². The van der Waals surface area contributed by atoms with Gasteiger partial charge < -0.3 is 15.6 Å². The maximum Gasteiger partial charge on any atom is 0.307 e. The highest BCUT2D eigenvalue weighted by atomic mass is 35.5. The van der Waals surface area contributed by atoms with E-state index in [1.54, 1.807) is 12.1 Å². The number of methoxy groups -OCH3 is 1. The first-order chi connectivity index (χ1) is 10.0. The van der Waals surface area contributed by atoms with E-state index in [1.165, 1.54) is 7.11 Å². The molecule has 3 N–H and O–H groups in total. The molecule has 4 nitrogen and oxygen atoms in total. The van der Waals surface area contributed by atoms with Gasteiger partial charge in [0.05, 0.1) is 13.5 Å². The maximum atomic E-state index is 11.3. The van der Waals surface area contributed by atoms with Gasteiger partial charge in [-0.3, -0.25) is 4.79 Å². The van der Waals surface area contributed by atoms with E-state index in [2.05, 4.69) is 4.74 Å². The summed E-state index contributed by atoms with van der Waals surface area (Å²) in [5, 5.41) is 10.1. The van der Waals surface area contributed by atoms with Crippen LogP contribution in [0.5, 0.6) is 5.75 Å². The van der Waals surface area contributed by atoms with Crippen molar-refractivity contribution >= 4 is 18.4 Å². The fourth-order valence-electron chi connectivity index (χ4n) is 2.33. The minimum atomic E-state index is -0.427. The fraction of sp³-hybridized carbons (Fsp3) is 0.235. The number of hydrogen-bond donors (Lipinski definition) is 2. The number of carbonyl (C=O) groups excluding carboxylic acids is 1. The highest BCUT2D eigenvalue weighted by Crippen LogP contribution is 2.33. The number of aryl methyl sites for hydroxylation is 1. The van der Waals surface area contributed by atoms with Crippen LogP contribution in [-0.4, -0.2) is 18.2 Å². The Kier molecular flexibility index (Phi) is 6.40. The van der Waals surface area contributed by atoms with Gasteiger partial charge in [-0.1, -0.05) is 30.3 Å². The van der Waals surface area contributed by atoms with Crippen LogP contribution in [0.4, 0.5) is 0 Å². The average Bonchev–Trinajstić information content (AvgIpc) is 2.47.